The Labute approximate surface area is 159 Å². The zero-order valence-electron chi connectivity index (χ0n) is 14.9. The van der Waals surface area contributed by atoms with Gasteiger partial charge in [-0.3, -0.25) is 4.79 Å². The summed E-state index contributed by atoms with van der Waals surface area (Å²) in [6.45, 7) is 0. The van der Waals surface area contributed by atoms with Gasteiger partial charge in [0.25, 0.3) is 5.56 Å². The third-order valence-corrected chi connectivity index (χ3v) is 5.08. The Kier molecular flexibility index (Phi) is 4.60. The monoisotopic (exact) mass is 379 g/mol. The van der Waals surface area contributed by atoms with Crippen LogP contribution in [0.5, 0.6) is 11.5 Å². The molecule has 0 saturated carbocycles. The van der Waals surface area contributed by atoms with Gasteiger partial charge in [-0.1, -0.05) is 12.1 Å². The van der Waals surface area contributed by atoms with Crippen LogP contribution in [0.4, 0.5) is 0 Å². The van der Waals surface area contributed by atoms with Gasteiger partial charge >= 0.3 is 0 Å². The van der Waals surface area contributed by atoms with Gasteiger partial charge in [0.2, 0.25) is 4.96 Å². The normalized spacial score (nSPS) is 10.9. The van der Waals surface area contributed by atoms with E-state index in [2.05, 4.69) is 10.1 Å². The highest BCUT2D eigenvalue weighted by molar-refractivity contribution is 7.15. The van der Waals surface area contributed by atoms with Crippen molar-refractivity contribution in [2.45, 2.75) is 6.42 Å². The number of aromatic nitrogens is 3. The van der Waals surface area contributed by atoms with Crippen LogP contribution in [0.2, 0.25) is 0 Å². The lowest BCUT2D eigenvalue weighted by Gasteiger charge is -2.06. The second kappa shape index (κ2) is 7.20. The van der Waals surface area contributed by atoms with E-state index in [0.717, 1.165) is 28.3 Å². The third kappa shape index (κ3) is 3.41. The Morgan fingerprint density at radius 2 is 1.59 bits per heavy atom. The molecule has 0 fully saturated rings. The fraction of sp³-hybridized carbons (Fsp3) is 0.150. The summed E-state index contributed by atoms with van der Waals surface area (Å²) >= 11 is 1.39. The van der Waals surface area contributed by atoms with Gasteiger partial charge in [0.05, 0.1) is 19.9 Å². The van der Waals surface area contributed by atoms with Crippen LogP contribution in [-0.4, -0.2) is 28.8 Å². The summed E-state index contributed by atoms with van der Waals surface area (Å²) in [4.78, 5) is 17.1. The molecular weight excluding hydrogens is 362 g/mol. The smallest absolute Gasteiger partial charge is 0.296 e. The summed E-state index contributed by atoms with van der Waals surface area (Å²) in [7, 11) is 3.26. The van der Waals surface area contributed by atoms with Crippen LogP contribution in [0.1, 0.15) is 11.3 Å². The molecule has 0 atom stereocenters. The topological polar surface area (TPSA) is 65.7 Å². The van der Waals surface area contributed by atoms with E-state index in [9.17, 15) is 4.79 Å². The number of hydrogen-bond acceptors (Lipinski definition) is 6. The molecule has 0 N–H and O–H groups in total. The molecule has 2 aromatic heterocycles. The predicted octanol–water partition coefficient (Wildman–Crippen LogP) is 3.43. The Bertz CT molecular complexity index is 1130. The minimum atomic E-state index is -0.297. The second-order valence-corrected chi connectivity index (χ2v) is 6.77. The lowest BCUT2D eigenvalue weighted by atomic mass is 10.1. The molecule has 0 saturated heterocycles. The summed E-state index contributed by atoms with van der Waals surface area (Å²) < 4.78 is 12.1. The van der Waals surface area contributed by atoms with Gasteiger partial charge in [0.1, 0.15) is 17.2 Å². The Hall–Kier alpha value is -3.19. The molecule has 136 valence electrons. The highest BCUT2D eigenvalue weighted by Crippen LogP contribution is 2.26. The molecule has 0 spiro atoms. The third-order valence-electron chi connectivity index (χ3n) is 4.27. The lowest BCUT2D eigenvalue weighted by molar-refractivity contribution is 0.414. The first-order chi connectivity index (χ1) is 13.2. The molecule has 6 nitrogen and oxygen atoms in total. The standard InChI is InChI=1S/C20H17N3O3S/c1-25-15-7-3-13(4-8-15)11-17-19(24)21-20-23(22-17)18(12-27-20)14-5-9-16(26-2)10-6-14/h3-10,12H,11H2,1-2H3. The fourth-order valence-electron chi connectivity index (χ4n) is 2.80. The van der Waals surface area contributed by atoms with Crippen LogP contribution in [0, 0.1) is 0 Å². The maximum atomic E-state index is 12.4. The molecule has 0 radical (unpaired) electrons. The van der Waals surface area contributed by atoms with Crippen molar-refractivity contribution in [3.8, 4) is 22.8 Å². The van der Waals surface area contributed by atoms with E-state index in [1.54, 1.807) is 18.7 Å². The summed E-state index contributed by atoms with van der Waals surface area (Å²) in [6.07, 6.45) is 0.413. The fourth-order valence-corrected chi connectivity index (χ4v) is 3.62. The van der Waals surface area contributed by atoms with Crippen LogP contribution < -0.4 is 15.0 Å². The Morgan fingerprint density at radius 3 is 2.22 bits per heavy atom. The van der Waals surface area contributed by atoms with Crippen molar-refractivity contribution < 1.29 is 9.47 Å². The molecule has 0 amide bonds. The number of thiazole rings is 1. The Balaban J connectivity index is 1.73. The van der Waals surface area contributed by atoms with Gasteiger partial charge in [-0.25, -0.2) is 4.52 Å². The summed E-state index contributed by atoms with van der Waals surface area (Å²) in [5.41, 5.74) is 2.96. The van der Waals surface area contributed by atoms with Crippen molar-refractivity contribution in [2.75, 3.05) is 14.2 Å². The van der Waals surface area contributed by atoms with Gasteiger partial charge < -0.3 is 9.47 Å². The van der Waals surface area contributed by atoms with Crippen molar-refractivity contribution in [2.24, 2.45) is 0 Å². The van der Waals surface area contributed by atoms with Gasteiger partial charge in [-0.15, -0.1) is 11.3 Å². The maximum Gasteiger partial charge on any atom is 0.296 e. The second-order valence-electron chi connectivity index (χ2n) is 5.93. The lowest BCUT2D eigenvalue weighted by Crippen LogP contribution is -2.18. The zero-order valence-corrected chi connectivity index (χ0v) is 15.7. The summed E-state index contributed by atoms with van der Waals surface area (Å²) in [6, 6.07) is 15.3. The number of hydrogen-bond donors (Lipinski definition) is 0. The van der Waals surface area contributed by atoms with Crippen molar-refractivity contribution in [1.82, 2.24) is 14.6 Å². The van der Waals surface area contributed by atoms with Crippen LogP contribution in [0.15, 0.2) is 58.7 Å². The van der Waals surface area contributed by atoms with Crippen molar-refractivity contribution in [1.29, 1.82) is 0 Å². The molecule has 27 heavy (non-hydrogen) atoms. The summed E-state index contributed by atoms with van der Waals surface area (Å²) in [5.74, 6) is 1.56. The van der Waals surface area contributed by atoms with E-state index in [0.29, 0.717) is 17.1 Å². The van der Waals surface area contributed by atoms with Gasteiger partial charge in [-0.2, -0.15) is 10.1 Å². The van der Waals surface area contributed by atoms with Crippen LogP contribution in [0.25, 0.3) is 16.2 Å². The SMILES string of the molecule is COc1ccc(Cc2nn3c(-c4ccc(OC)cc4)csc3nc2=O)cc1. The molecule has 4 aromatic rings. The molecule has 0 aliphatic heterocycles. The average molecular weight is 379 g/mol. The number of nitrogens with zero attached hydrogens (tertiary/aromatic N) is 3. The number of rotatable bonds is 5. The molecule has 0 aliphatic rings. The molecule has 2 aromatic carbocycles. The molecule has 0 unspecified atom stereocenters. The number of methoxy groups -OCH3 is 2. The average Bonchev–Trinajstić information content (AvgIpc) is 3.11. The van der Waals surface area contributed by atoms with E-state index in [4.69, 9.17) is 9.47 Å². The maximum absolute atomic E-state index is 12.4. The molecule has 0 bridgehead atoms. The first-order valence-corrected chi connectivity index (χ1v) is 9.20. The van der Waals surface area contributed by atoms with E-state index in [-0.39, 0.29) is 5.56 Å². The first kappa shape index (κ1) is 17.2. The van der Waals surface area contributed by atoms with Crippen molar-refractivity contribution in [3.63, 3.8) is 0 Å². The first-order valence-electron chi connectivity index (χ1n) is 8.33. The minimum Gasteiger partial charge on any atom is -0.497 e. The quantitative estimate of drug-likeness (QED) is 0.532. The van der Waals surface area contributed by atoms with Crippen molar-refractivity contribution in [3.05, 3.63) is 75.5 Å². The predicted molar refractivity (Wildman–Crippen MR) is 105 cm³/mol. The van der Waals surface area contributed by atoms with Gasteiger partial charge in [0.15, 0.2) is 0 Å². The Morgan fingerprint density at radius 1 is 0.963 bits per heavy atom. The molecule has 0 aliphatic carbocycles. The highest BCUT2D eigenvalue weighted by atomic mass is 32.1. The summed E-state index contributed by atoms with van der Waals surface area (Å²) in [5, 5.41) is 6.53. The van der Waals surface area contributed by atoms with Gasteiger partial charge in [0, 0.05) is 17.4 Å². The van der Waals surface area contributed by atoms with Crippen LogP contribution in [-0.2, 0) is 6.42 Å². The minimum absolute atomic E-state index is 0.297. The molecule has 7 heteroatoms. The van der Waals surface area contributed by atoms with Crippen LogP contribution in [0.3, 0.4) is 0 Å². The van der Waals surface area contributed by atoms with E-state index < -0.39 is 0 Å². The molecular formula is C20H17N3O3S. The number of benzene rings is 2. The van der Waals surface area contributed by atoms with E-state index in [1.165, 1.54) is 11.3 Å². The number of ether oxygens (including phenoxy) is 2. The van der Waals surface area contributed by atoms with Crippen LogP contribution >= 0.6 is 11.3 Å². The van der Waals surface area contributed by atoms with E-state index >= 15 is 0 Å². The number of fused-ring (bicyclic) bond motifs is 1. The van der Waals surface area contributed by atoms with Gasteiger partial charge in [-0.05, 0) is 42.0 Å². The zero-order chi connectivity index (χ0) is 18.8. The molecule has 2 heterocycles. The molecule has 4 rings (SSSR count). The van der Waals surface area contributed by atoms with Crippen molar-refractivity contribution >= 4 is 16.3 Å². The highest BCUT2D eigenvalue weighted by Gasteiger charge is 2.12. The largest absolute Gasteiger partial charge is 0.497 e. The van der Waals surface area contributed by atoms with E-state index in [1.807, 2.05) is 53.9 Å².